The number of aliphatic imine (C=N–C) groups is 1. The lowest BCUT2D eigenvalue weighted by atomic mass is 10.1. The maximum absolute atomic E-state index is 13.2. The number of benzene rings is 2. The standard InChI is InChI=1S/C19H20F4N4O2.HI/c1-24-17(25-10-12-3-7-15(8-4-12)27-18(28)29-2)26-11-13-5-6-14(20)9-16(13)19(21,22)23;/h3-9H,10-11H2,1-2H3,(H,27,28)(H2,24,25,26);1H. The molecule has 0 spiro atoms. The summed E-state index contributed by atoms with van der Waals surface area (Å²) in [6.45, 7) is 0.157. The second kappa shape index (κ2) is 11.6. The number of hydrogen-bond acceptors (Lipinski definition) is 3. The number of nitrogens with one attached hydrogen (secondary N) is 3. The van der Waals surface area contributed by atoms with Crippen LogP contribution in [-0.4, -0.2) is 26.2 Å². The minimum atomic E-state index is -4.66. The normalized spacial score (nSPS) is 11.3. The summed E-state index contributed by atoms with van der Waals surface area (Å²) in [4.78, 5) is 15.1. The van der Waals surface area contributed by atoms with Gasteiger partial charge in [0.15, 0.2) is 5.96 Å². The van der Waals surface area contributed by atoms with Crippen molar-refractivity contribution >= 4 is 41.7 Å². The van der Waals surface area contributed by atoms with Crippen molar-refractivity contribution in [2.24, 2.45) is 4.99 Å². The Morgan fingerprint density at radius 1 is 1.07 bits per heavy atom. The van der Waals surface area contributed by atoms with Crippen LogP contribution in [0.1, 0.15) is 16.7 Å². The number of carbonyl (C=O) groups is 1. The van der Waals surface area contributed by atoms with E-state index in [2.05, 4.69) is 25.7 Å². The summed E-state index contributed by atoms with van der Waals surface area (Å²) in [5, 5.41) is 8.26. The first-order chi connectivity index (χ1) is 13.7. The Morgan fingerprint density at radius 3 is 2.27 bits per heavy atom. The molecule has 3 N–H and O–H groups in total. The molecule has 0 atom stereocenters. The van der Waals surface area contributed by atoms with Gasteiger partial charge in [0.05, 0.1) is 12.7 Å². The smallest absolute Gasteiger partial charge is 0.416 e. The highest BCUT2D eigenvalue weighted by atomic mass is 127. The van der Waals surface area contributed by atoms with Crippen molar-refractivity contribution in [3.05, 3.63) is 65.0 Å². The van der Waals surface area contributed by atoms with E-state index in [0.717, 1.165) is 17.7 Å². The Hall–Kier alpha value is -2.57. The van der Waals surface area contributed by atoms with E-state index in [1.165, 1.54) is 14.2 Å². The minimum absolute atomic E-state index is 0. The fraction of sp³-hybridized carbons (Fsp3) is 0.263. The largest absolute Gasteiger partial charge is 0.453 e. The van der Waals surface area contributed by atoms with Crippen LogP contribution in [0, 0.1) is 5.82 Å². The first kappa shape index (κ1) is 25.5. The third-order valence-electron chi connectivity index (χ3n) is 3.89. The molecule has 1 amide bonds. The molecular weight excluding hydrogens is 519 g/mol. The predicted octanol–water partition coefficient (Wildman–Crippen LogP) is 4.51. The molecule has 0 radical (unpaired) electrons. The summed E-state index contributed by atoms with van der Waals surface area (Å²) >= 11 is 0. The monoisotopic (exact) mass is 540 g/mol. The molecule has 30 heavy (non-hydrogen) atoms. The molecule has 0 aliphatic carbocycles. The first-order valence-electron chi connectivity index (χ1n) is 8.47. The highest BCUT2D eigenvalue weighted by molar-refractivity contribution is 14.0. The molecule has 0 fully saturated rings. The number of alkyl halides is 3. The van der Waals surface area contributed by atoms with Crippen molar-refractivity contribution in [1.82, 2.24) is 10.6 Å². The molecule has 2 aromatic carbocycles. The molecule has 0 heterocycles. The van der Waals surface area contributed by atoms with Crippen molar-refractivity contribution < 1.29 is 27.1 Å². The zero-order valence-electron chi connectivity index (χ0n) is 16.1. The Balaban J connectivity index is 0.00000450. The molecule has 0 aliphatic heterocycles. The van der Waals surface area contributed by atoms with Gasteiger partial charge in [-0.2, -0.15) is 13.2 Å². The van der Waals surface area contributed by atoms with Crippen LogP contribution in [0.15, 0.2) is 47.5 Å². The summed E-state index contributed by atoms with van der Waals surface area (Å²) in [6, 6.07) is 9.41. The Labute approximate surface area is 188 Å². The van der Waals surface area contributed by atoms with Gasteiger partial charge in [-0.1, -0.05) is 18.2 Å². The highest BCUT2D eigenvalue weighted by Gasteiger charge is 2.33. The molecule has 0 unspecified atom stereocenters. The summed E-state index contributed by atoms with van der Waals surface area (Å²) < 4.78 is 56.9. The summed E-state index contributed by atoms with van der Waals surface area (Å²) in [7, 11) is 2.74. The zero-order valence-corrected chi connectivity index (χ0v) is 18.5. The van der Waals surface area contributed by atoms with Gasteiger partial charge in [-0.3, -0.25) is 10.3 Å². The lowest BCUT2D eigenvalue weighted by molar-refractivity contribution is -0.138. The van der Waals surface area contributed by atoms with Gasteiger partial charge in [0.2, 0.25) is 0 Å². The number of rotatable bonds is 5. The molecule has 0 saturated heterocycles. The third kappa shape index (κ3) is 7.69. The zero-order chi connectivity index (χ0) is 21.4. The lowest BCUT2D eigenvalue weighted by Crippen LogP contribution is -2.36. The number of ether oxygens (including phenoxy) is 1. The lowest BCUT2D eigenvalue weighted by Gasteiger charge is -2.16. The van der Waals surface area contributed by atoms with Gasteiger partial charge in [-0.05, 0) is 35.4 Å². The topological polar surface area (TPSA) is 74.8 Å². The fourth-order valence-corrected chi connectivity index (χ4v) is 2.43. The Morgan fingerprint density at radius 2 is 1.70 bits per heavy atom. The number of amides is 1. The van der Waals surface area contributed by atoms with Gasteiger partial charge in [0, 0.05) is 25.8 Å². The highest BCUT2D eigenvalue weighted by Crippen LogP contribution is 2.32. The first-order valence-corrected chi connectivity index (χ1v) is 8.47. The summed E-state index contributed by atoms with van der Waals surface area (Å²) in [6.07, 6.45) is -5.24. The summed E-state index contributed by atoms with van der Waals surface area (Å²) in [5.74, 6) is -0.673. The molecule has 11 heteroatoms. The molecule has 2 rings (SSSR count). The minimum Gasteiger partial charge on any atom is -0.453 e. The van der Waals surface area contributed by atoms with Crippen molar-refractivity contribution in [3.63, 3.8) is 0 Å². The number of methoxy groups -OCH3 is 1. The third-order valence-corrected chi connectivity index (χ3v) is 3.89. The van der Waals surface area contributed by atoms with E-state index < -0.39 is 23.7 Å². The molecule has 0 saturated carbocycles. The maximum Gasteiger partial charge on any atom is 0.416 e. The van der Waals surface area contributed by atoms with Crippen LogP contribution in [0.4, 0.5) is 28.0 Å². The number of guanidine groups is 1. The average molecular weight is 540 g/mol. The van der Waals surface area contributed by atoms with Crippen LogP contribution in [0.2, 0.25) is 0 Å². The van der Waals surface area contributed by atoms with Crippen LogP contribution in [-0.2, 0) is 24.0 Å². The number of carbonyl (C=O) groups excluding carboxylic acids is 1. The maximum atomic E-state index is 13.2. The molecule has 0 bridgehead atoms. The second-order valence-electron chi connectivity index (χ2n) is 5.89. The SMILES string of the molecule is CN=C(NCc1ccc(NC(=O)OC)cc1)NCc1ccc(F)cc1C(F)(F)F.I. The molecule has 6 nitrogen and oxygen atoms in total. The van der Waals surface area contributed by atoms with E-state index in [1.54, 1.807) is 24.3 Å². The van der Waals surface area contributed by atoms with Crippen molar-refractivity contribution in [2.45, 2.75) is 19.3 Å². The Kier molecular flexibility index (Phi) is 9.82. The van der Waals surface area contributed by atoms with Gasteiger partial charge < -0.3 is 15.4 Å². The number of hydrogen-bond donors (Lipinski definition) is 3. The summed E-state index contributed by atoms with van der Waals surface area (Å²) in [5.41, 5.74) is 0.273. The van der Waals surface area contributed by atoms with E-state index in [-0.39, 0.29) is 42.0 Å². The van der Waals surface area contributed by atoms with E-state index in [0.29, 0.717) is 18.3 Å². The van der Waals surface area contributed by atoms with Crippen molar-refractivity contribution in [2.75, 3.05) is 19.5 Å². The van der Waals surface area contributed by atoms with Crippen LogP contribution in [0.3, 0.4) is 0 Å². The number of anilines is 1. The quantitative estimate of drug-likeness (QED) is 0.226. The van der Waals surface area contributed by atoms with Gasteiger partial charge in [0.1, 0.15) is 5.82 Å². The van der Waals surface area contributed by atoms with Gasteiger partial charge in [-0.25, -0.2) is 9.18 Å². The van der Waals surface area contributed by atoms with E-state index in [1.807, 2.05) is 0 Å². The fourth-order valence-electron chi connectivity index (χ4n) is 2.43. The van der Waals surface area contributed by atoms with Crippen LogP contribution in [0.25, 0.3) is 0 Å². The van der Waals surface area contributed by atoms with Gasteiger partial charge >= 0.3 is 12.3 Å². The van der Waals surface area contributed by atoms with Gasteiger partial charge in [0.25, 0.3) is 0 Å². The van der Waals surface area contributed by atoms with Gasteiger partial charge in [-0.15, -0.1) is 24.0 Å². The van der Waals surface area contributed by atoms with Crippen LogP contribution in [0.5, 0.6) is 0 Å². The van der Waals surface area contributed by atoms with Crippen LogP contribution >= 0.6 is 24.0 Å². The Bertz CT molecular complexity index is 874. The van der Waals surface area contributed by atoms with E-state index in [9.17, 15) is 22.4 Å². The molecule has 0 aromatic heterocycles. The van der Waals surface area contributed by atoms with Crippen LogP contribution < -0.4 is 16.0 Å². The molecule has 164 valence electrons. The number of nitrogens with zero attached hydrogens (tertiary/aromatic N) is 1. The van der Waals surface area contributed by atoms with Crippen molar-refractivity contribution in [3.8, 4) is 0 Å². The molecule has 0 aliphatic rings. The molecular formula is C19H21F4IN4O2. The second-order valence-corrected chi connectivity index (χ2v) is 5.89. The predicted molar refractivity (Wildman–Crippen MR) is 116 cm³/mol. The van der Waals surface area contributed by atoms with E-state index >= 15 is 0 Å². The molecule has 2 aromatic rings. The van der Waals surface area contributed by atoms with Crippen molar-refractivity contribution in [1.29, 1.82) is 0 Å². The average Bonchev–Trinajstić information content (AvgIpc) is 2.69. The number of halogens is 5. The van der Waals surface area contributed by atoms with E-state index in [4.69, 9.17) is 0 Å².